The first-order valence-electron chi connectivity index (χ1n) is 14.2. The summed E-state index contributed by atoms with van der Waals surface area (Å²) in [5.41, 5.74) is 2.71. The summed E-state index contributed by atoms with van der Waals surface area (Å²) in [5.74, 6) is -1.42. The van der Waals surface area contributed by atoms with E-state index < -0.39 is 5.97 Å². The van der Waals surface area contributed by atoms with Gasteiger partial charge in [-0.1, -0.05) is 24.4 Å². The number of likely N-dealkylation sites (N-methyl/N-ethyl adjacent to an activating group) is 2. The number of halogens is 2. The van der Waals surface area contributed by atoms with Crippen LogP contribution in [0.3, 0.4) is 0 Å². The lowest BCUT2D eigenvalue weighted by molar-refractivity contribution is -0.136. The standard InChI is InChI=1S/C17H24FN3OS.C13H17FN2O2/c1-19-4-6-20(7-5-19)16-3-2-14(12-15(16)18)13-17(23)21-8-10-22-11-9-21;1-15-4-6-16(7-5-15)12-3-2-10(8-11(12)14)9-13(17)18/h2-3,12H,4-11,13H2,1H3;2-3,8H,4-7,9H2,1H3,(H,17,18). The van der Waals surface area contributed by atoms with Gasteiger partial charge in [0.25, 0.3) is 0 Å². The highest BCUT2D eigenvalue weighted by molar-refractivity contribution is 7.80. The summed E-state index contributed by atoms with van der Waals surface area (Å²) in [5, 5.41) is 8.67. The first-order chi connectivity index (χ1) is 19.7. The molecule has 0 saturated carbocycles. The zero-order valence-corrected chi connectivity index (χ0v) is 24.8. The summed E-state index contributed by atoms with van der Waals surface area (Å²) < 4.78 is 33.8. The zero-order valence-electron chi connectivity index (χ0n) is 24.0. The molecule has 2 aromatic carbocycles. The fraction of sp³-hybridized carbons (Fsp3) is 0.533. The fourth-order valence-corrected chi connectivity index (χ4v) is 5.55. The molecule has 3 fully saturated rings. The van der Waals surface area contributed by atoms with Crippen LogP contribution in [0.5, 0.6) is 0 Å². The third-order valence-corrected chi connectivity index (χ3v) is 8.19. The molecule has 3 aliphatic heterocycles. The van der Waals surface area contributed by atoms with Crippen molar-refractivity contribution in [1.29, 1.82) is 0 Å². The zero-order chi connectivity index (χ0) is 29.4. The molecule has 0 unspecified atom stereocenters. The van der Waals surface area contributed by atoms with Gasteiger partial charge in [0.05, 0.1) is 36.0 Å². The number of carbonyl (C=O) groups is 1. The molecule has 0 amide bonds. The molecule has 3 heterocycles. The lowest BCUT2D eigenvalue weighted by Gasteiger charge is -2.34. The number of hydrogen-bond acceptors (Lipinski definition) is 7. The summed E-state index contributed by atoms with van der Waals surface area (Å²) in [4.78, 5) is 22.2. The molecular formula is C30H41F2N5O3S. The fourth-order valence-electron chi connectivity index (χ4n) is 5.20. The number of rotatable bonds is 6. The van der Waals surface area contributed by atoms with Crippen molar-refractivity contribution in [3.63, 3.8) is 0 Å². The molecule has 0 aromatic heterocycles. The van der Waals surface area contributed by atoms with Gasteiger partial charge in [0.2, 0.25) is 0 Å². The molecule has 8 nitrogen and oxygen atoms in total. The predicted octanol–water partition coefficient (Wildman–Crippen LogP) is 2.98. The van der Waals surface area contributed by atoms with E-state index in [-0.39, 0.29) is 18.1 Å². The van der Waals surface area contributed by atoms with Gasteiger partial charge in [-0.25, -0.2) is 8.78 Å². The van der Waals surface area contributed by atoms with E-state index in [2.05, 4.69) is 26.6 Å². The van der Waals surface area contributed by atoms with E-state index in [9.17, 15) is 13.6 Å². The maximum atomic E-state index is 14.5. The van der Waals surface area contributed by atoms with Gasteiger partial charge < -0.3 is 34.3 Å². The molecule has 3 aliphatic rings. The van der Waals surface area contributed by atoms with Crippen LogP contribution in [-0.4, -0.2) is 124 Å². The molecule has 1 N–H and O–H groups in total. The Balaban J connectivity index is 0.000000195. The Labute approximate surface area is 247 Å². The maximum absolute atomic E-state index is 14.5. The van der Waals surface area contributed by atoms with Gasteiger partial charge in [-0.2, -0.15) is 0 Å². The van der Waals surface area contributed by atoms with Crippen LogP contribution in [0.2, 0.25) is 0 Å². The third-order valence-electron chi connectivity index (χ3n) is 7.79. The van der Waals surface area contributed by atoms with Crippen molar-refractivity contribution in [1.82, 2.24) is 14.7 Å². The Morgan fingerprint density at radius 1 is 0.756 bits per heavy atom. The topological polar surface area (TPSA) is 62.7 Å². The van der Waals surface area contributed by atoms with Gasteiger partial charge in [-0.3, -0.25) is 4.79 Å². The Morgan fingerprint density at radius 2 is 1.20 bits per heavy atom. The summed E-state index contributed by atoms with van der Waals surface area (Å²) in [6.07, 6.45) is 0.481. The number of thiocarbonyl (C=S) groups is 1. The average molecular weight is 590 g/mol. The van der Waals surface area contributed by atoms with Crippen molar-refractivity contribution >= 4 is 34.6 Å². The molecule has 0 aliphatic carbocycles. The number of piperazine rings is 2. The van der Waals surface area contributed by atoms with Crippen LogP contribution in [-0.2, 0) is 22.4 Å². The molecule has 0 radical (unpaired) electrons. The van der Waals surface area contributed by atoms with Crippen LogP contribution in [0.1, 0.15) is 11.1 Å². The van der Waals surface area contributed by atoms with E-state index in [0.29, 0.717) is 23.4 Å². The minimum Gasteiger partial charge on any atom is -0.481 e. The summed E-state index contributed by atoms with van der Waals surface area (Å²) >= 11 is 5.50. The van der Waals surface area contributed by atoms with E-state index in [1.165, 1.54) is 6.07 Å². The smallest absolute Gasteiger partial charge is 0.307 e. The lowest BCUT2D eigenvalue weighted by atomic mass is 10.1. The van der Waals surface area contributed by atoms with Crippen molar-refractivity contribution in [2.45, 2.75) is 12.8 Å². The Bertz CT molecular complexity index is 1180. The lowest BCUT2D eigenvalue weighted by Crippen LogP contribution is -2.44. The quantitative estimate of drug-likeness (QED) is 0.513. The molecule has 2 aromatic rings. The highest BCUT2D eigenvalue weighted by Gasteiger charge is 2.20. The molecule has 0 atom stereocenters. The van der Waals surface area contributed by atoms with Gasteiger partial charge in [0, 0.05) is 71.9 Å². The summed E-state index contributed by atoms with van der Waals surface area (Å²) in [6, 6.07) is 10.2. The van der Waals surface area contributed by atoms with Crippen molar-refractivity contribution in [3.05, 3.63) is 59.2 Å². The second kappa shape index (κ2) is 14.9. The molecule has 0 spiro atoms. The van der Waals surface area contributed by atoms with Crippen LogP contribution in [0.15, 0.2) is 36.4 Å². The normalized spacial score (nSPS) is 18.6. The Hall–Kier alpha value is -2.86. The minimum atomic E-state index is -0.943. The largest absolute Gasteiger partial charge is 0.481 e. The van der Waals surface area contributed by atoms with Crippen LogP contribution >= 0.6 is 12.2 Å². The Morgan fingerprint density at radius 3 is 1.61 bits per heavy atom. The minimum absolute atomic E-state index is 0.139. The molecule has 0 bridgehead atoms. The molecule has 41 heavy (non-hydrogen) atoms. The molecule has 11 heteroatoms. The van der Waals surface area contributed by atoms with Gasteiger partial charge in [-0.15, -0.1) is 0 Å². The van der Waals surface area contributed by atoms with Gasteiger partial charge in [0.1, 0.15) is 11.6 Å². The van der Waals surface area contributed by atoms with E-state index in [1.807, 2.05) is 24.1 Å². The van der Waals surface area contributed by atoms with Crippen molar-refractivity contribution in [2.75, 3.05) is 103 Å². The van der Waals surface area contributed by atoms with Gasteiger partial charge in [-0.05, 0) is 49.5 Å². The van der Waals surface area contributed by atoms with E-state index in [4.69, 9.17) is 22.1 Å². The molecule has 3 saturated heterocycles. The van der Waals surface area contributed by atoms with Crippen LogP contribution in [0.4, 0.5) is 20.2 Å². The first kappa shape index (κ1) is 31.1. The van der Waals surface area contributed by atoms with Crippen LogP contribution in [0.25, 0.3) is 0 Å². The SMILES string of the molecule is CN1CCN(c2ccc(CC(=O)O)cc2F)CC1.CN1CCN(c2ccc(CC(=S)N3CCOCC3)cc2F)CC1. The Kier molecular flexibility index (Phi) is 11.3. The molecular weight excluding hydrogens is 548 g/mol. The monoisotopic (exact) mass is 589 g/mol. The number of morpholine rings is 1. The van der Waals surface area contributed by atoms with E-state index in [1.54, 1.807) is 18.2 Å². The number of hydrogen-bond donors (Lipinski definition) is 1. The number of nitrogens with zero attached hydrogens (tertiary/aromatic N) is 5. The van der Waals surface area contributed by atoms with Gasteiger partial charge in [0.15, 0.2) is 0 Å². The van der Waals surface area contributed by atoms with Crippen LogP contribution < -0.4 is 9.80 Å². The third kappa shape index (κ3) is 9.06. The summed E-state index contributed by atoms with van der Waals surface area (Å²) in [7, 11) is 4.15. The van der Waals surface area contributed by atoms with E-state index in [0.717, 1.165) is 89.2 Å². The second-order valence-electron chi connectivity index (χ2n) is 10.9. The molecule has 224 valence electrons. The number of carboxylic acid groups (broad SMARTS) is 1. The van der Waals surface area contributed by atoms with Gasteiger partial charge >= 0.3 is 5.97 Å². The van der Waals surface area contributed by atoms with Crippen molar-refractivity contribution < 1.29 is 23.4 Å². The van der Waals surface area contributed by atoms with E-state index >= 15 is 0 Å². The number of benzene rings is 2. The highest BCUT2D eigenvalue weighted by Crippen LogP contribution is 2.23. The maximum Gasteiger partial charge on any atom is 0.307 e. The number of anilines is 2. The number of ether oxygens (including phenoxy) is 1. The van der Waals surface area contributed by atoms with Crippen LogP contribution in [0, 0.1) is 11.6 Å². The molecule has 5 rings (SSSR count). The van der Waals surface area contributed by atoms with Crippen molar-refractivity contribution in [2.24, 2.45) is 0 Å². The first-order valence-corrected chi connectivity index (χ1v) is 14.6. The average Bonchev–Trinajstić information content (AvgIpc) is 2.95. The second-order valence-corrected chi connectivity index (χ2v) is 11.4. The van der Waals surface area contributed by atoms with Crippen molar-refractivity contribution in [3.8, 4) is 0 Å². The summed E-state index contributed by atoms with van der Waals surface area (Å²) in [6.45, 7) is 10.2. The number of aliphatic carboxylic acids is 1. The highest BCUT2D eigenvalue weighted by atomic mass is 32.1. The predicted molar refractivity (Wildman–Crippen MR) is 162 cm³/mol. The number of carboxylic acids is 1.